The number of hydrogen-bond donors (Lipinski definition) is 2. The van der Waals surface area contributed by atoms with Crippen molar-refractivity contribution in [3.8, 4) is 0 Å². The number of allylic oxidation sites excluding steroid dienone is 1. The van der Waals surface area contributed by atoms with Gasteiger partial charge in [-0.05, 0) is 12.1 Å². The van der Waals surface area contributed by atoms with Gasteiger partial charge in [0, 0.05) is 6.08 Å². The van der Waals surface area contributed by atoms with E-state index in [0.717, 1.165) is 23.1 Å². The molecule has 0 radical (unpaired) electrons. The lowest BCUT2D eigenvalue weighted by Gasteiger charge is -2.30. The third kappa shape index (κ3) is 3.40. The van der Waals surface area contributed by atoms with Gasteiger partial charge in [-0.25, -0.2) is 22.6 Å². The predicted octanol–water partition coefficient (Wildman–Crippen LogP) is 1.50. The number of nitrogens with zero attached hydrogens (tertiary/aromatic N) is 4. The number of halogens is 4. The highest BCUT2D eigenvalue weighted by molar-refractivity contribution is 5.92. The third-order valence-electron chi connectivity index (χ3n) is 3.75. The molecule has 2 aromatic heterocycles. The van der Waals surface area contributed by atoms with Gasteiger partial charge < -0.3 is 9.52 Å². The molecule has 1 atom stereocenters. The first-order valence-corrected chi connectivity index (χ1v) is 7.50. The molecule has 1 aliphatic rings. The summed E-state index contributed by atoms with van der Waals surface area (Å²) in [6.45, 7) is -0.131. The summed E-state index contributed by atoms with van der Waals surface area (Å²) in [6.07, 6.45) is -4.57. The highest BCUT2D eigenvalue weighted by Crippen LogP contribution is 2.31. The third-order valence-corrected chi connectivity index (χ3v) is 3.75. The average Bonchev–Trinajstić information content (AvgIpc) is 3.33. The Labute approximate surface area is 152 Å². The zero-order valence-electron chi connectivity index (χ0n) is 13.6. The van der Waals surface area contributed by atoms with Gasteiger partial charge in [-0.15, -0.1) is 0 Å². The molecule has 0 fully saturated rings. The molecule has 1 unspecified atom stereocenters. The molecule has 2 N–H and O–H groups in total. The molecular weight excluding hydrogens is 394 g/mol. The van der Waals surface area contributed by atoms with Crippen molar-refractivity contribution in [3.05, 3.63) is 57.9 Å². The van der Waals surface area contributed by atoms with E-state index in [9.17, 15) is 37.6 Å². The number of rotatable bonds is 6. The quantitative estimate of drug-likeness (QED) is 0.424. The Kier molecular flexibility index (Phi) is 4.80. The van der Waals surface area contributed by atoms with Gasteiger partial charge in [0.2, 0.25) is 5.72 Å². The number of hydrazine groups is 1. The van der Waals surface area contributed by atoms with Gasteiger partial charge in [-0.3, -0.25) is 25.0 Å². The zero-order valence-corrected chi connectivity index (χ0v) is 13.6. The Hall–Kier alpha value is -3.42. The van der Waals surface area contributed by atoms with E-state index >= 15 is 0 Å². The molecule has 3 heterocycles. The molecule has 0 spiro atoms. The van der Waals surface area contributed by atoms with Gasteiger partial charge in [0.15, 0.2) is 5.76 Å². The molecule has 2 aromatic rings. The van der Waals surface area contributed by atoms with Crippen molar-refractivity contribution in [2.75, 3.05) is 0 Å². The Morgan fingerprint density at radius 3 is 2.68 bits per heavy atom. The maximum atomic E-state index is 13.2. The number of nitrogens with one attached hydrogen (secondary N) is 1. The van der Waals surface area contributed by atoms with Crippen LogP contribution in [-0.4, -0.2) is 49.3 Å². The maximum absolute atomic E-state index is 13.2. The number of furan rings is 1. The molecule has 1 aliphatic heterocycles. The Balaban J connectivity index is 1.79. The maximum Gasteiger partial charge on any atom is 0.311 e. The summed E-state index contributed by atoms with van der Waals surface area (Å²) in [6, 6.07) is 2.34. The van der Waals surface area contributed by atoms with Crippen molar-refractivity contribution < 1.29 is 36.8 Å². The van der Waals surface area contributed by atoms with Crippen LogP contribution in [0.25, 0.3) is 0 Å². The topological polar surface area (TPSA) is 127 Å². The average molecular weight is 405 g/mol. The second-order valence-corrected chi connectivity index (χ2v) is 5.66. The number of alkyl halides is 4. The fraction of sp³-hybridized carbons (Fsp3) is 0.286. The number of nitro groups is 1. The van der Waals surface area contributed by atoms with Gasteiger partial charge >= 0.3 is 11.6 Å². The molecule has 14 heteroatoms. The van der Waals surface area contributed by atoms with Crippen molar-refractivity contribution in [1.82, 2.24) is 20.2 Å². The van der Waals surface area contributed by atoms with Crippen LogP contribution in [0.1, 0.15) is 16.3 Å². The van der Waals surface area contributed by atoms with Crippen LogP contribution in [-0.2, 0) is 6.54 Å². The van der Waals surface area contributed by atoms with Gasteiger partial charge in [0.25, 0.3) is 12.9 Å². The second-order valence-electron chi connectivity index (χ2n) is 5.66. The van der Waals surface area contributed by atoms with Crippen molar-refractivity contribution in [2.24, 2.45) is 0 Å². The molecule has 10 nitrogen and oxygen atoms in total. The summed E-state index contributed by atoms with van der Waals surface area (Å²) in [5, 5.41) is 24.2. The lowest BCUT2D eigenvalue weighted by molar-refractivity contribution is -0.385. The Morgan fingerprint density at radius 1 is 1.39 bits per heavy atom. The molecule has 1 amide bonds. The summed E-state index contributed by atoms with van der Waals surface area (Å²) in [5.74, 6) is -1.79. The van der Waals surface area contributed by atoms with E-state index in [1.54, 1.807) is 5.43 Å². The molecule has 3 rings (SSSR count). The Morgan fingerprint density at radius 2 is 2.11 bits per heavy atom. The first-order valence-electron chi connectivity index (χ1n) is 7.50. The number of amides is 1. The van der Waals surface area contributed by atoms with Crippen LogP contribution in [0.5, 0.6) is 0 Å². The molecule has 150 valence electrons. The summed E-state index contributed by atoms with van der Waals surface area (Å²) in [5.41, 5.74) is -2.89. The summed E-state index contributed by atoms with van der Waals surface area (Å²) < 4.78 is 58.2. The van der Waals surface area contributed by atoms with Crippen molar-refractivity contribution in [1.29, 1.82) is 0 Å². The van der Waals surface area contributed by atoms with Crippen LogP contribution in [0.3, 0.4) is 0 Å². The standard InChI is InChI=1S/C14H11F4N5O5/c15-11(16)9-3-14(25,13(17)18)22(20-9)12(24)10-2-1-8(28-10)6-21-5-7(4-19-21)23(26)27/h1-5,11,13,20,25H,6H2. The van der Waals surface area contributed by atoms with Crippen molar-refractivity contribution in [2.45, 2.75) is 25.1 Å². The smallest absolute Gasteiger partial charge is 0.311 e. The van der Waals surface area contributed by atoms with Crippen molar-refractivity contribution >= 4 is 11.6 Å². The minimum absolute atomic E-state index is 0.0550. The molecule has 0 aromatic carbocycles. The van der Waals surface area contributed by atoms with E-state index in [1.807, 2.05) is 0 Å². The molecule has 0 saturated carbocycles. The van der Waals surface area contributed by atoms with Gasteiger partial charge in [-0.1, -0.05) is 0 Å². The van der Waals surface area contributed by atoms with Gasteiger partial charge in [-0.2, -0.15) is 5.10 Å². The minimum atomic E-state index is -3.58. The first kappa shape index (κ1) is 19.3. The molecule has 28 heavy (non-hydrogen) atoms. The number of carbonyl (C=O) groups is 1. The van der Waals surface area contributed by atoms with Gasteiger partial charge in [0.05, 0.1) is 17.2 Å². The second kappa shape index (κ2) is 6.95. The molecule has 0 saturated heterocycles. The van der Waals surface area contributed by atoms with Crippen LogP contribution < -0.4 is 5.43 Å². The van der Waals surface area contributed by atoms with E-state index in [2.05, 4.69) is 5.10 Å². The number of carbonyl (C=O) groups excluding carboxylic acids is 1. The predicted molar refractivity (Wildman–Crippen MR) is 81.0 cm³/mol. The minimum Gasteiger partial charge on any atom is -0.454 e. The highest BCUT2D eigenvalue weighted by atomic mass is 19.3. The van der Waals surface area contributed by atoms with Crippen LogP contribution in [0.15, 0.2) is 40.7 Å². The van der Waals surface area contributed by atoms with E-state index in [0.29, 0.717) is 0 Å². The summed E-state index contributed by atoms with van der Waals surface area (Å²) in [4.78, 5) is 22.3. The van der Waals surface area contributed by atoms with Crippen LogP contribution in [0.4, 0.5) is 23.2 Å². The molecule has 0 bridgehead atoms. The monoisotopic (exact) mass is 405 g/mol. The van der Waals surface area contributed by atoms with Crippen LogP contribution >= 0.6 is 0 Å². The fourth-order valence-corrected chi connectivity index (χ4v) is 2.41. The number of hydrogen-bond acceptors (Lipinski definition) is 7. The van der Waals surface area contributed by atoms with E-state index in [-0.39, 0.29) is 29.1 Å². The molecular formula is C14H11F4N5O5. The SMILES string of the molecule is O=C(c1ccc(Cn2cc([N+](=O)[O-])cn2)o1)N1NC(C(F)F)=CC1(O)C(F)F. The van der Waals surface area contributed by atoms with E-state index < -0.39 is 40.9 Å². The highest BCUT2D eigenvalue weighted by Gasteiger charge is 2.51. The van der Waals surface area contributed by atoms with Crippen LogP contribution in [0.2, 0.25) is 0 Å². The van der Waals surface area contributed by atoms with Crippen LogP contribution in [0, 0.1) is 10.1 Å². The largest absolute Gasteiger partial charge is 0.454 e. The summed E-state index contributed by atoms with van der Waals surface area (Å²) in [7, 11) is 0. The Bertz CT molecular complexity index is 942. The van der Waals surface area contributed by atoms with E-state index in [1.165, 1.54) is 6.07 Å². The normalized spacial score (nSPS) is 19.2. The van der Waals surface area contributed by atoms with Gasteiger partial charge in [0.1, 0.15) is 18.2 Å². The zero-order chi connectivity index (χ0) is 20.6. The first-order chi connectivity index (χ1) is 13.1. The lowest BCUT2D eigenvalue weighted by Crippen LogP contribution is -2.56. The molecule has 0 aliphatic carbocycles. The fourth-order valence-electron chi connectivity index (χ4n) is 2.41. The number of aliphatic hydroxyl groups is 1. The number of aromatic nitrogens is 2. The summed E-state index contributed by atoms with van der Waals surface area (Å²) >= 11 is 0. The van der Waals surface area contributed by atoms with E-state index in [4.69, 9.17) is 4.42 Å². The van der Waals surface area contributed by atoms with Crippen molar-refractivity contribution in [3.63, 3.8) is 0 Å². The lowest BCUT2D eigenvalue weighted by atomic mass is 10.2.